The van der Waals surface area contributed by atoms with Gasteiger partial charge in [-0.2, -0.15) is 4.98 Å². The Balaban J connectivity index is 1.24. The molecule has 0 spiro atoms. The molecule has 0 N–H and O–H groups in total. The highest BCUT2D eigenvalue weighted by molar-refractivity contribution is 5.67. The Bertz CT molecular complexity index is 1090. The third-order valence-corrected chi connectivity index (χ3v) is 5.79. The van der Waals surface area contributed by atoms with E-state index in [9.17, 15) is 0 Å². The van der Waals surface area contributed by atoms with Crippen LogP contribution in [0.1, 0.15) is 30.2 Å². The fourth-order valence-electron chi connectivity index (χ4n) is 4.15. The molecular weight excluding hydrogens is 372 g/mol. The summed E-state index contributed by atoms with van der Waals surface area (Å²) in [5.41, 5.74) is 4.86. The smallest absolute Gasteiger partial charge is 0.230 e. The highest BCUT2D eigenvalue weighted by Gasteiger charge is 2.26. The molecule has 2 aromatic carbocycles. The maximum absolute atomic E-state index is 5.58. The van der Waals surface area contributed by atoms with Crippen molar-refractivity contribution in [2.75, 3.05) is 13.1 Å². The lowest BCUT2D eigenvalue weighted by molar-refractivity contribution is 0.188. The number of hydrogen-bond acceptors (Lipinski definition) is 5. The van der Waals surface area contributed by atoms with Gasteiger partial charge in [0.2, 0.25) is 11.7 Å². The molecule has 0 saturated carbocycles. The molecule has 5 nitrogen and oxygen atoms in total. The van der Waals surface area contributed by atoms with Crippen LogP contribution in [0.25, 0.3) is 22.5 Å². The van der Waals surface area contributed by atoms with E-state index >= 15 is 0 Å². The second kappa shape index (κ2) is 8.59. The van der Waals surface area contributed by atoms with E-state index < -0.39 is 0 Å². The third kappa shape index (κ3) is 4.02. The Hall–Kier alpha value is -3.31. The Labute approximate surface area is 176 Å². The summed E-state index contributed by atoms with van der Waals surface area (Å²) in [6.07, 6.45) is 5.57. The maximum Gasteiger partial charge on any atom is 0.230 e. The van der Waals surface area contributed by atoms with Gasteiger partial charge < -0.3 is 4.52 Å². The summed E-state index contributed by atoms with van der Waals surface area (Å²) >= 11 is 0. The molecule has 4 aromatic rings. The fraction of sp³-hybridized carbons (Fsp3) is 0.240. The van der Waals surface area contributed by atoms with Gasteiger partial charge in [0, 0.05) is 30.4 Å². The van der Waals surface area contributed by atoms with Crippen molar-refractivity contribution >= 4 is 0 Å². The minimum absolute atomic E-state index is 0.323. The zero-order chi connectivity index (χ0) is 20.2. The summed E-state index contributed by atoms with van der Waals surface area (Å²) in [7, 11) is 0. The van der Waals surface area contributed by atoms with E-state index in [2.05, 4.69) is 74.6 Å². The van der Waals surface area contributed by atoms with Crippen LogP contribution in [0.15, 0.2) is 83.6 Å². The second-order valence-electron chi connectivity index (χ2n) is 7.77. The first kappa shape index (κ1) is 18.7. The minimum atomic E-state index is 0.323. The SMILES string of the molecule is c1ccc(-c2ccccc2CN2CCC(c3nc(-c4cccnc4)no3)CC2)cc1. The number of pyridine rings is 1. The molecule has 1 fully saturated rings. The van der Waals surface area contributed by atoms with Gasteiger partial charge in [-0.15, -0.1) is 0 Å². The lowest BCUT2D eigenvalue weighted by Crippen LogP contribution is -2.32. The van der Waals surface area contributed by atoms with Gasteiger partial charge in [-0.3, -0.25) is 9.88 Å². The van der Waals surface area contributed by atoms with Crippen molar-refractivity contribution in [2.45, 2.75) is 25.3 Å². The van der Waals surface area contributed by atoms with Crippen LogP contribution < -0.4 is 0 Å². The Morgan fingerprint density at radius 3 is 2.43 bits per heavy atom. The molecule has 1 aliphatic rings. The van der Waals surface area contributed by atoms with Crippen molar-refractivity contribution in [3.05, 3.63) is 90.6 Å². The van der Waals surface area contributed by atoms with Crippen molar-refractivity contribution in [2.24, 2.45) is 0 Å². The zero-order valence-corrected chi connectivity index (χ0v) is 16.8. The molecule has 1 aliphatic heterocycles. The van der Waals surface area contributed by atoms with E-state index in [0.717, 1.165) is 43.9 Å². The van der Waals surface area contributed by atoms with Crippen molar-refractivity contribution in [3.63, 3.8) is 0 Å². The van der Waals surface area contributed by atoms with Gasteiger partial charge in [0.05, 0.1) is 0 Å². The van der Waals surface area contributed by atoms with Crippen molar-refractivity contribution < 1.29 is 4.52 Å². The molecule has 2 aromatic heterocycles. The number of aromatic nitrogens is 3. The number of hydrogen-bond donors (Lipinski definition) is 0. The molecule has 30 heavy (non-hydrogen) atoms. The molecule has 150 valence electrons. The van der Waals surface area contributed by atoms with E-state index in [1.807, 2.05) is 12.1 Å². The first-order valence-electron chi connectivity index (χ1n) is 10.5. The molecule has 0 radical (unpaired) electrons. The number of nitrogens with zero attached hydrogens (tertiary/aromatic N) is 4. The molecule has 0 unspecified atom stereocenters. The quantitative estimate of drug-likeness (QED) is 0.465. The molecule has 5 rings (SSSR count). The molecule has 5 heteroatoms. The lowest BCUT2D eigenvalue weighted by Gasteiger charge is -2.30. The zero-order valence-electron chi connectivity index (χ0n) is 16.8. The monoisotopic (exact) mass is 396 g/mol. The number of benzene rings is 2. The van der Waals surface area contributed by atoms with E-state index in [-0.39, 0.29) is 0 Å². The average Bonchev–Trinajstić information content (AvgIpc) is 3.32. The Kier molecular flexibility index (Phi) is 5.36. The average molecular weight is 396 g/mol. The van der Waals surface area contributed by atoms with Crippen molar-refractivity contribution in [3.8, 4) is 22.5 Å². The van der Waals surface area contributed by atoms with Crippen LogP contribution in [0.3, 0.4) is 0 Å². The minimum Gasteiger partial charge on any atom is -0.339 e. The van der Waals surface area contributed by atoms with Crippen LogP contribution in [0, 0.1) is 0 Å². The highest BCUT2D eigenvalue weighted by Crippen LogP contribution is 2.30. The Morgan fingerprint density at radius 1 is 0.867 bits per heavy atom. The topological polar surface area (TPSA) is 55.1 Å². The van der Waals surface area contributed by atoms with Crippen LogP contribution in [0.5, 0.6) is 0 Å². The van der Waals surface area contributed by atoms with Gasteiger partial charge in [0.15, 0.2) is 0 Å². The maximum atomic E-state index is 5.58. The summed E-state index contributed by atoms with van der Waals surface area (Å²) in [5, 5.41) is 4.15. The van der Waals surface area contributed by atoms with Crippen LogP contribution in [-0.2, 0) is 6.54 Å². The van der Waals surface area contributed by atoms with Gasteiger partial charge >= 0.3 is 0 Å². The van der Waals surface area contributed by atoms with Crippen LogP contribution in [0.2, 0.25) is 0 Å². The normalized spacial score (nSPS) is 15.3. The summed E-state index contributed by atoms with van der Waals surface area (Å²) in [5.74, 6) is 1.69. The van der Waals surface area contributed by atoms with Crippen molar-refractivity contribution in [1.82, 2.24) is 20.0 Å². The Morgan fingerprint density at radius 2 is 1.63 bits per heavy atom. The molecule has 1 saturated heterocycles. The lowest BCUT2D eigenvalue weighted by atomic mass is 9.95. The fourth-order valence-corrected chi connectivity index (χ4v) is 4.15. The summed E-state index contributed by atoms with van der Waals surface area (Å²) in [4.78, 5) is 11.3. The van der Waals surface area contributed by atoms with Crippen LogP contribution in [-0.4, -0.2) is 33.1 Å². The van der Waals surface area contributed by atoms with Gasteiger partial charge in [0.1, 0.15) is 0 Å². The number of likely N-dealkylation sites (tertiary alicyclic amines) is 1. The highest BCUT2D eigenvalue weighted by atomic mass is 16.5. The predicted molar refractivity (Wildman–Crippen MR) is 117 cm³/mol. The second-order valence-corrected chi connectivity index (χ2v) is 7.77. The summed E-state index contributed by atoms with van der Waals surface area (Å²) in [6.45, 7) is 3.01. The molecule has 0 bridgehead atoms. The van der Waals surface area contributed by atoms with E-state index in [4.69, 9.17) is 4.52 Å². The number of piperidine rings is 1. The first-order valence-corrected chi connectivity index (χ1v) is 10.5. The van der Waals surface area contributed by atoms with E-state index in [0.29, 0.717) is 11.7 Å². The van der Waals surface area contributed by atoms with E-state index in [1.165, 1.54) is 16.7 Å². The molecule has 0 amide bonds. The van der Waals surface area contributed by atoms with Crippen molar-refractivity contribution in [1.29, 1.82) is 0 Å². The molecular formula is C25H24N4O. The standard InChI is InChI=1S/C25H24N4O/c1-2-7-19(8-3-1)23-11-5-4-9-22(23)18-29-15-12-20(13-16-29)25-27-24(28-30-25)21-10-6-14-26-17-21/h1-11,14,17,20H,12-13,15-16,18H2. The number of rotatable bonds is 5. The van der Waals surface area contributed by atoms with Gasteiger partial charge in [-0.25, -0.2) is 0 Å². The largest absolute Gasteiger partial charge is 0.339 e. The van der Waals surface area contributed by atoms with Crippen LogP contribution >= 0.6 is 0 Å². The molecule has 3 heterocycles. The third-order valence-electron chi connectivity index (χ3n) is 5.79. The molecule has 0 atom stereocenters. The summed E-state index contributed by atoms with van der Waals surface area (Å²) in [6, 6.07) is 23.2. The van der Waals surface area contributed by atoms with E-state index in [1.54, 1.807) is 12.4 Å². The first-order chi connectivity index (χ1) is 14.9. The van der Waals surface area contributed by atoms with Crippen LogP contribution in [0.4, 0.5) is 0 Å². The summed E-state index contributed by atoms with van der Waals surface area (Å²) < 4.78 is 5.58. The molecule has 0 aliphatic carbocycles. The predicted octanol–water partition coefficient (Wildman–Crippen LogP) is 5.18. The van der Waals surface area contributed by atoms with Gasteiger partial charge in [0.25, 0.3) is 0 Å². The van der Waals surface area contributed by atoms with Gasteiger partial charge in [-0.1, -0.05) is 59.8 Å². The van der Waals surface area contributed by atoms with Gasteiger partial charge in [-0.05, 0) is 54.8 Å².